The molecule has 3 amide bonds. The van der Waals surface area contributed by atoms with E-state index in [1.807, 2.05) is 6.07 Å². The van der Waals surface area contributed by atoms with Gasteiger partial charge in [0.1, 0.15) is 11.8 Å². The fraction of sp³-hybridized carbons (Fsp3) is 0.125. The van der Waals surface area contributed by atoms with Gasteiger partial charge in [0, 0.05) is 10.2 Å². The van der Waals surface area contributed by atoms with Crippen molar-refractivity contribution >= 4 is 97.3 Å². The molecule has 36 heavy (non-hydrogen) atoms. The number of hydrogen-bond donors (Lipinski definition) is 0. The Bertz CT molecular complexity index is 1450. The number of halogens is 6. The quantitative estimate of drug-likeness (QED) is 0.127. The molecule has 2 aliphatic heterocycles. The molecule has 6 nitrogen and oxygen atoms in total. The number of fused-ring (bicyclic) bond motifs is 1. The summed E-state index contributed by atoms with van der Waals surface area (Å²) in [7, 11) is 1.48. The molecule has 0 aromatic heterocycles. The maximum atomic E-state index is 13.6. The normalized spacial score (nSPS) is 19.0. The summed E-state index contributed by atoms with van der Waals surface area (Å²) in [5, 5.41) is -0.410. The third kappa shape index (κ3) is 3.71. The van der Waals surface area contributed by atoms with Crippen molar-refractivity contribution in [2.24, 2.45) is 0 Å². The lowest BCUT2D eigenvalue weighted by molar-refractivity contribution is -0.130. The first-order chi connectivity index (χ1) is 17.1. The number of rotatable bonds is 4. The van der Waals surface area contributed by atoms with Crippen LogP contribution in [0.4, 0.5) is 5.69 Å². The minimum Gasteiger partial charge on any atom is -0.495 e. The van der Waals surface area contributed by atoms with E-state index in [2.05, 4.69) is 15.9 Å². The zero-order chi connectivity index (χ0) is 26.0. The van der Waals surface area contributed by atoms with Crippen molar-refractivity contribution in [2.45, 2.75) is 12.1 Å². The van der Waals surface area contributed by atoms with Crippen molar-refractivity contribution in [1.29, 1.82) is 0 Å². The zero-order valence-electron chi connectivity index (χ0n) is 18.0. The standard InChI is InChI=1S/C24H12BrCl5N2O4/c1-36-13-6-5-11(8-12(13)26)31-20(9-3-2-4-10(25)7-9)21(24(31)35)32-22(33)14-15(23(32)34)17(28)19(30)18(29)16(14)27/h2-8,20-21H,1H3/t20-,21+/m1/s1. The average molecular weight is 650 g/mol. The van der Waals surface area contributed by atoms with Crippen molar-refractivity contribution in [3.63, 3.8) is 0 Å². The van der Waals surface area contributed by atoms with Gasteiger partial charge in [-0.1, -0.05) is 86.1 Å². The van der Waals surface area contributed by atoms with Crippen LogP contribution in [0.5, 0.6) is 5.75 Å². The first kappa shape index (κ1) is 25.6. The van der Waals surface area contributed by atoms with Crippen LogP contribution >= 0.6 is 73.9 Å². The van der Waals surface area contributed by atoms with Gasteiger partial charge in [-0.3, -0.25) is 19.3 Å². The van der Waals surface area contributed by atoms with Gasteiger partial charge < -0.3 is 9.64 Å². The van der Waals surface area contributed by atoms with E-state index in [1.165, 1.54) is 12.0 Å². The minimum atomic E-state index is -1.18. The first-order valence-electron chi connectivity index (χ1n) is 10.2. The van der Waals surface area contributed by atoms with E-state index in [1.54, 1.807) is 36.4 Å². The lowest BCUT2D eigenvalue weighted by Crippen LogP contribution is -2.67. The molecule has 0 unspecified atom stereocenters. The SMILES string of the molecule is COc1ccc(N2C(=O)[C@@H](N3C(=O)c4c(Cl)c(Cl)c(Cl)c(Cl)c4C3=O)[C@H]2c2cccc(Br)c2)cc1Cl. The van der Waals surface area contributed by atoms with Gasteiger partial charge in [-0.25, -0.2) is 0 Å². The molecule has 2 aliphatic rings. The second kappa shape index (κ2) is 9.39. The molecule has 184 valence electrons. The zero-order valence-corrected chi connectivity index (χ0v) is 23.4. The van der Waals surface area contributed by atoms with Crippen molar-refractivity contribution in [3.05, 3.63) is 88.7 Å². The third-order valence-corrected chi connectivity index (χ3v) is 8.67. The number of anilines is 1. The number of imide groups is 1. The van der Waals surface area contributed by atoms with E-state index in [4.69, 9.17) is 62.7 Å². The molecule has 2 atom stereocenters. The Morgan fingerprint density at radius 2 is 1.39 bits per heavy atom. The van der Waals surface area contributed by atoms with Crippen LogP contribution in [0.2, 0.25) is 25.1 Å². The lowest BCUT2D eigenvalue weighted by atomic mass is 9.86. The molecule has 3 aromatic rings. The summed E-state index contributed by atoms with van der Waals surface area (Å²) in [5.74, 6) is -1.64. The Balaban J connectivity index is 1.63. The smallest absolute Gasteiger partial charge is 0.264 e. The summed E-state index contributed by atoms with van der Waals surface area (Å²) in [6.45, 7) is 0. The van der Waals surface area contributed by atoms with Crippen LogP contribution in [0, 0.1) is 0 Å². The summed E-state index contributed by atoms with van der Waals surface area (Å²) in [6.07, 6.45) is 0. The van der Waals surface area contributed by atoms with Gasteiger partial charge in [0.2, 0.25) is 0 Å². The number of hydrogen-bond acceptors (Lipinski definition) is 4. The number of methoxy groups -OCH3 is 1. The molecule has 0 saturated carbocycles. The monoisotopic (exact) mass is 646 g/mol. The molecule has 0 aliphatic carbocycles. The highest BCUT2D eigenvalue weighted by Crippen LogP contribution is 2.49. The fourth-order valence-corrected chi connectivity index (χ4v) is 6.14. The molecule has 3 aromatic carbocycles. The summed E-state index contributed by atoms with van der Waals surface area (Å²) in [6, 6.07) is 10.2. The Morgan fingerprint density at radius 1 is 0.778 bits per heavy atom. The number of ether oxygens (including phenoxy) is 1. The van der Waals surface area contributed by atoms with Crippen molar-refractivity contribution in [1.82, 2.24) is 4.90 Å². The number of β-lactam (4-membered cyclic amide) rings is 1. The summed E-state index contributed by atoms with van der Waals surface area (Å²) < 4.78 is 5.96. The predicted octanol–water partition coefficient (Wildman–Crippen LogP) is 7.48. The van der Waals surface area contributed by atoms with Crippen LogP contribution in [0.15, 0.2) is 46.9 Å². The fourth-order valence-electron chi connectivity index (χ4n) is 4.46. The summed E-state index contributed by atoms with van der Waals surface area (Å²) in [5.41, 5.74) is 0.761. The number of carbonyl (C=O) groups is 3. The van der Waals surface area contributed by atoms with Crippen LogP contribution in [0.1, 0.15) is 32.3 Å². The summed E-state index contributed by atoms with van der Waals surface area (Å²) in [4.78, 5) is 42.9. The Labute approximate surface area is 238 Å². The van der Waals surface area contributed by atoms with E-state index in [0.29, 0.717) is 22.0 Å². The molecule has 1 saturated heterocycles. The van der Waals surface area contributed by atoms with Crippen LogP contribution in [0.25, 0.3) is 0 Å². The Kier molecular flexibility index (Phi) is 6.69. The second-order valence-electron chi connectivity index (χ2n) is 7.96. The van der Waals surface area contributed by atoms with Gasteiger partial charge >= 0.3 is 0 Å². The minimum absolute atomic E-state index is 0.150. The topological polar surface area (TPSA) is 66.9 Å². The van der Waals surface area contributed by atoms with Crippen molar-refractivity contribution < 1.29 is 19.1 Å². The molecule has 0 radical (unpaired) electrons. The van der Waals surface area contributed by atoms with Crippen LogP contribution in [0.3, 0.4) is 0 Å². The van der Waals surface area contributed by atoms with Crippen LogP contribution < -0.4 is 9.64 Å². The first-order valence-corrected chi connectivity index (χ1v) is 12.9. The molecule has 5 rings (SSSR count). The lowest BCUT2D eigenvalue weighted by Gasteiger charge is -2.49. The average Bonchev–Trinajstić information content (AvgIpc) is 3.10. The molecule has 0 bridgehead atoms. The molecule has 1 fully saturated rings. The maximum Gasteiger partial charge on any atom is 0.264 e. The highest BCUT2D eigenvalue weighted by Gasteiger charge is 2.58. The highest BCUT2D eigenvalue weighted by atomic mass is 79.9. The van der Waals surface area contributed by atoms with Crippen LogP contribution in [-0.4, -0.2) is 35.8 Å². The van der Waals surface area contributed by atoms with E-state index in [9.17, 15) is 14.4 Å². The number of carbonyl (C=O) groups excluding carboxylic acids is 3. The van der Waals surface area contributed by atoms with E-state index < -0.39 is 29.8 Å². The second-order valence-corrected chi connectivity index (χ2v) is 10.8. The molecule has 0 N–H and O–H groups in total. The van der Waals surface area contributed by atoms with E-state index in [0.717, 1.165) is 9.37 Å². The van der Waals surface area contributed by atoms with E-state index in [-0.39, 0.29) is 31.2 Å². The third-order valence-electron chi connectivity index (χ3n) is 6.08. The Hall–Kier alpha value is -2.00. The molecule has 12 heteroatoms. The molecule has 0 spiro atoms. The van der Waals surface area contributed by atoms with Gasteiger partial charge in [-0.05, 0) is 35.9 Å². The van der Waals surface area contributed by atoms with Gasteiger partial charge in [0.25, 0.3) is 17.7 Å². The highest BCUT2D eigenvalue weighted by molar-refractivity contribution is 9.10. The number of nitrogens with zero attached hydrogens (tertiary/aromatic N) is 2. The van der Waals surface area contributed by atoms with Gasteiger partial charge in [-0.15, -0.1) is 0 Å². The van der Waals surface area contributed by atoms with Crippen molar-refractivity contribution in [3.8, 4) is 5.75 Å². The number of amides is 3. The largest absolute Gasteiger partial charge is 0.495 e. The van der Waals surface area contributed by atoms with Gasteiger partial charge in [0.05, 0.1) is 49.4 Å². The molecular weight excluding hydrogens is 637 g/mol. The number of benzene rings is 3. The van der Waals surface area contributed by atoms with Crippen LogP contribution in [-0.2, 0) is 4.79 Å². The Morgan fingerprint density at radius 3 is 1.92 bits per heavy atom. The van der Waals surface area contributed by atoms with Crippen molar-refractivity contribution in [2.75, 3.05) is 12.0 Å². The summed E-state index contributed by atoms with van der Waals surface area (Å²) >= 11 is 34.6. The van der Waals surface area contributed by atoms with Gasteiger partial charge in [-0.2, -0.15) is 0 Å². The predicted molar refractivity (Wildman–Crippen MR) is 143 cm³/mol. The van der Waals surface area contributed by atoms with E-state index >= 15 is 0 Å². The molecule has 2 heterocycles. The maximum absolute atomic E-state index is 13.6. The molecular formula is C24H12BrCl5N2O4. The van der Waals surface area contributed by atoms with Gasteiger partial charge in [0.15, 0.2) is 0 Å².